The lowest BCUT2D eigenvalue weighted by atomic mass is 10.1. The summed E-state index contributed by atoms with van der Waals surface area (Å²) >= 11 is 10.9. The van der Waals surface area contributed by atoms with E-state index in [1.165, 1.54) is 6.07 Å². The Morgan fingerprint density at radius 1 is 1.48 bits per heavy atom. The Kier molecular flexibility index (Phi) is 5.90. The van der Waals surface area contributed by atoms with Crippen LogP contribution in [0.25, 0.3) is 11.1 Å². The fourth-order valence-corrected chi connectivity index (χ4v) is 3.61. The maximum absolute atomic E-state index is 14.8. The van der Waals surface area contributed by atoms with Gasteiger partial charge in [0.25, 0.3) is 0 Å². The zero-order chi connectivity index (χ0) is 19.2. The molecule has 10 heteroatoms. The SMILES string of the molecule is C[C@H](NC(=O)OC(C)(C)C)C(F)(F)c1oc2c(I)cc(Cl)nc2c1Br. The molecular weight excluding hydrogens is 536 g/mol. The molecule has 0 saturated heterocycles. The topological polar surface area (TPSA) is 64.4 Å². The van der Waals surface area contributed by atoms with E-state index in [9.17, 15) is 13.6 Å². The van der Waals surface area contributed by atoms with Crippen molar-refractivity contribution in [2.24, 2.45) is 0 Å². The molecule has 0 bridgehead atoms. The van der Waals surface area contributed by atoms with Crippen molar-refractivity contribution in [1.82, 2.24) is 10.3 Å². The first-order chi connectivity index (χ1) is 11.3. The summed E-state index contributed by atoms with van der Waals surface area (Å²) in [4.78, 5) is 15.8. The van der Waals surface area contributed by atoms with E-state index in [2.05, 4.69) is 26.2 Å². The van der Waals surface area contributed by atoms with E-state index in [1.807, 2.05) is 22.6 Å². The van der Waals surface area contributed by atoms with Gasteiger partial charge in [-0.05, 0) is 72.3 Å². The molecule has 2 aromatic rings. The second-order valence-corrected chi connectivity index (χ2v) is 8.68. The number of nitrogens with zero attached hydrogens (tertiary/aromatic N) is 1. The molecule has 0 aromatic carbocycles. The Hall–Kier alpha value is -0.680. The summed E-state index contributed by atoms with van der Waals surface area (Å²) in [7, 11) is 0. The number of carbonyl (C=O) groups is 1. The Balaban J connectivity index is 2.36. The summed E-state index contributed by atoms with van der Waals surface area (Å²) in [5.41, 5.74) is -0.414. The lowest BCUT2D eigenvalue weighted by Gasteiger charge is -2.25. The van der Waals surface area contributed by atoms with Crippen LogP contribution in [0, 0.1) is 3.57 Å². The van der Waals surface area contributed by atoms with Crippen molar-refractivity contribution >= 4 is 67.3 Å². The number of hydrogen-bond donors (Lipinski definition) is 1. The molecule has 25 heavy (non-hydrogen) atoms. The van der Waals surface area contributed by atoms with Crippen molar-refractivity contribution in [3.8, 4) is 0 Å². The number of alkyl carbamates (subject to hydrolysis) is 1. The number of halogens is 5. The quantitative estimate of drug-likeness (QED) is 0.384. The van der Waals surface area contributed by atoms with Crippen molar-refractivity contribution in [3.05, 3.63) is 25.0 Å². The number of hydrogen-bond acceptors (Lipinski definition) is 4. The third-order valence-electron chi connectivity index (χ3n) is 3.09. The fraction of sp³-hybridized carbons (Fsp3) is 0.467. The minimum atomic E-state index is -3.51. The molecular formula is C15H15BrClF2IN2O3. The molecule has 1 amide bonds. The van der Waals surface area contributed by atoms with E-state index in [0.29, 0.717) is 3.57 Å². The van der Waals surface area contributed by atoms with Gasteiger partial charge in [0, 0.05) is 0 Å². The average molecular weight is 552 g/mol. The highest BCUT2D eigenvalue weighted by Gasteiger charge is 2.46. The Labute approximate surface area is 170 Å². The van der Waals surface area contributed by atoms with E-state index in [-0.39, 0.29) is 20.7 Å². The number of carbonyl (C=O) groups excluding carboxylic acids is 1. The third-order valence-corrected chi connectivity index (χ3v) is 4.82. The Bertz CT molecular complexity index is 823. The van der Waals surface area contributed by atoms with Gasteiger partial charge in [0.2, 0.25) is 0 Å². The number of alkyl halides is 2. The van der Waals surface area contributed by atoms with E-state index in [4.69, 9.17) is 20.8 Å². The van der Waals surface area contributed by atoms with E-state index in [1.54, 1.807) is 20.8 Å². The minimum Gasteiger partial charge on any atom is -0.451 e. The molecule has 2 aromatic heterocycles. The number of aromatic nitrogens is 1. The second-order valence-electron chi connectivity index (χ2n) is 6.34. The van der Waals surface area contributed by atoms with Crippen LogP contribution in [0.1, 0.15) is 33.5 Å². The second kappa shape index (κ2) is 7.15. The molecule has 0 spiro atoms. The first kappa shape index (κ1) is 20.6. The van der Waals surface area contributed by atoms with Gasteiger partial charge in [-0.25, -0.2) is 9.78 Å². The van der Waals surface area contributed by atoms with Gasteiger partial charge in [-0.15, -0.1) is 0 Å². The summed E-state index contributed by atoms with van der Waals surface area (Å²) in [6.07, 6.45) is -0.942. The molecule has 1 atom stereocenters. The summed E-state index contributed by atoms with van der Waals surface area (Å²) in [6, 6.07) is -0.0719. The lowest BCUT2D eigenvalue weighted by Crippen LogP contribution is -2.45. The largest absolute Gasteiger partial charge is 0.451 e. The molecule has 0 aliphatic heterocycles. The number of amides is 1. The van der Waals surface area contributed by atoms with Gasteiger partial charge in [-0.1, -0.05) is 11.6 Å². The summed E-state index contributed by atoms with van der Waals surface area (Å²) in [5, 5.41) is 2.29. The number of furan rings is 1. The number of ether oxygens (including phenoxy) is 1. The highest BCUT2D eigenvalue weighted by molar-refractivity contribution is 14.1. The van der Waals surface area contributed by atoms with Crippen molar-refractivity contribution < 1.29 is 22.7 Å². The standard InChI is InChI=1S/C15H15BrClF2IN2O3/c1-6(21-13(23)25-14(2,3)4)15(18,19)12-9(16)10-11(24-12)7(20)5-8(17)22-10/h5-6H,1-4H3,(H,21,23)/t6-/m0/s1. The summed E-state index contributed by atoms with van der Waals surface area (Å²) < 4.78 is 40.5. The predicted molar refractivity (Wildman–Crippen MR) is 102 cm³/mol. The maximum atomic E-state index is 14.8. The fourth-order valence-electron chi connectivity index (χ4n) is 1.96. The highest BCUT2D eigenvalue weighted by Crippen LogP contribution is 2.43. The van der Waals surface area contributed by atoms with Crippen molar-refractivity contribution in [2.45, 2.75) is 45.3 Å². The Morgan fingerprint density at radius 3 is 2.64 bits per heavy atom. The number of rotatable bonds is 3. The van der Waals surface area contributed by atoms with Crippen molar-refractivity contribution in [1.29, 1.82) is 0 Å². The average Bonchev–Trinajstić information content (AvgIpc) is 2.75. The Morgan fingerprint density at radius 2 is 2.08 bits per heavy atom. The van der Waals surface area contributed by atoms with Crippen molar-refractivity contribution in [2.75, 3.05) is 0 Å². The van der Waals surface area contributed by atoms with Crippen molar-refractivity contribution in [3.63, 3.8) is 0 Å². The monoisotopic (exact) mass is 550 g/mol. The van der Waals surface area contributed by atoms with Gasteiger partial charge >= 0.3 is 12.0 Å². The van der Waals surface area contributed by atoms with E-state index >= 15 is 0 Å². The van der Waals surface area contributed by atoms with Gasteiger partial charge in [0.1, 0.15) is 22.3 Å². The zero-order valence-electron chi connectivity index (χ0n) is 13.7. The van der Waals surface area contributed by atoms with Crippen LogP contribution in [-0.2, 0) is 10.7 Å². The molecule has 0 fully saturated rings. The summed E-state index contributed by atoms with van der Waals surface area (Å²) in [6.45, 7) is 6.09. The van der Waals surface area contributed by atoms with E-state index < -0.39 is 29.4 Å². The van der Waals surface area contributed by atoms with Crippen LogP contribution in [0.4, 0.5) is 13.6 Å². The van der Waals surface area contributed by atoms with Gasteiger partial charge < -0.3 is 14.5 Å². The normalized spacial score (nSPS) is 13.8. The number of nitrogens with one attached hydrogen (secondary N) is 1. The van der Waals surface area contributed by atoms with Gasteiger partial charge in [0.05, 0.1) is 8.04 Å². The van der Waals surface area contributed by atoms with E-state index in [0.717, 1.165) is 6.92 Å². The van der Waals surface area contributed by atoms with Crippen LogP contribution >= 0.6 is 50.1 Å². The van der Waals surface area contributed by atoms with Gasteiger partial charge in [-0.2, -0.15) is 8.78 Å². The van der Waals surface area contributed by atoms with Crippen LogP contribution in [-0.4, -0.2) is 22.7 Å². The molecule has 0 radical (unpaired) electrons. The first-order valence-electron chi connectivity index (χ1n) is 7.14. The van der Waals surface area contributed by atoms with Crippen LogP contribution in [0.5, 0.6) is 0 Å². The molecule has 138 valence electrons. The molecule has 0 aliphatic rings. The summed E-state index contributed by atoms with van der Waals surface area (Å²) in [5.74, 6) is -4.15. The molecule has 5 nitrogen and oxygen atoms in total. The maximum Gasteiger partial charge on any atom is 0.408 e. The number of pyridine rings is 1. The van der Waals surface area contributed by atoms with Crippen LogP contribution in [0.3, 0.4) is 0 Å². The molecule has 0 unspecified atom stereocenters. The van der Waals surface area contributed by atoms with Crippen LogP contribution in [0.2, 0.25) is 5.15 Å². The molecule has 0 aliphatic carbocycles. The minimum absolute atomic E-state index is 0.00856. The van der Waals surface area contributed by atoms with Crippen LogP contribution in [0.15, 0.2) is 15.0 Å². The van der Waals surface area contributed by atoms with Crippen LogP contribution < -0.4 is 5.32 Å². The van der Waals surface area contributed by atoms with Gasteiger partial charge in [-0.3, -0.25) is 0 Å². The number of fused-ring (bicyclic) bond motifs is 1. The lowest BCUT2D eigenvalue weighted by molar-refractivity contribution is -0.0582. The highest BCUT2D eigenvalue weighted by atomic mass is 127. The smallest absolute Gasteiger partial charge is 0.408 e. The predicted octanol–water partition coefficient (Wildman–Crippen LogP) is 5.85. The first-order valence-corrected chi connectivity index (χ1v) is 9.39. The molecule has 1 N–H and O–H groups in total. The zero-order valence-corrected chi connectivity index (χ0v) is 18.2. The molecule has 2 heterocycles. The molecule has 0 saturated carbocycles. The van der Waals surface area contributed by atoms with Gasteiger partial charge in [0.15, 0.2) is 11.3 Å². The molecule has 2 rings (SSSR count). The third kappa shape index (κ3) is 4.54.